The van der Waals surface area contributed by atoms with Crippen molar-refractivity contribution in [1.82, 2.24) is 9.55 Å². The zero-order chi connectivity index (χ0) is 20.0. The number of carbonyl (C=O) groups excluding carboxylic acids is 1. The average molecular weight is 425 g/mol. The third-order valence-electron chi connectivity index (χ3n) is 4.76. The summed E-state index contributed by atoms with van der Waals surface area (Å²) in [5.41, 5.74) is 4.68. The monoisotopic (exact) mass is 424 g/mol. The van der Waals surface area contributed by atoms with Crippen molar-refractivity contribution in [3.8, 4) is 5.69 Å². The predicted molar refractivity (Wildman–Crippen MR) is 105 cm³/mol. The van der Waals surface area contributed by atoms with Crippen LogP contribution >= 0.6 is 12.4 Å². The minimum Gasteiger partial charge on any atom is -0.353 e. The number of pyridine rings is 2. The van der Waals surface area contributed by atoms with Gasteiger partial charge in [0.05, 0.1) is 16.6 Å². The molecule has 29 heavy (non-hydrogen) atoms. The van der Waals surface area contributed by atoms with E-state index in [0.717, 1.165) is 29.0 Å². The van der Waals surface area contributed by atoms with Gasteiger partial charge in [0.1, 0.15) is 11.6 Å². The molecule has 1 aliphatic heterocycles. The van der Waals surface area contributed by atoms with Crippen molar-refractivity contribution >= 4 is 35.5 Å². The molecule has 1 saturated heterocycles. The van der Waals surface area contributed by atoms with Crippen molar-refractivity contribution in [2.24, 2.45) is 5.73 Å². The number of benzene rings is 1. The average Bonchev–Trinajstić information content (AvgIpc) is 3.09. The lowest BCUT2D eigenvalue weighted by molar-refractivity contribution is 0.112. The van der Waals surface area contributed by atoms with Crippen molar-refractivity contribution in [2.75, 3.05) is 18.0 Å². The second-order valence-electron chi connectivity index (χ2n) is 6.66. The Hall–Kier alpha value is -2.91. The standard InChI is InChI=1S/C19H15F3N4O2.ClH/c20-11-1-2-16(14(21)5-11)26-7-10(9-27)17(28)13-6-15(22)19(24-18(13)26)25-4-3-12(23)8-25;/h1-2,5-7,9,12H,3-4,8,23H2;1H. The maximum absolute atomic E-state index is 14.7. The molecule has 1 unspecified atom stereocenters. The highest BCUT2D eigenvalue weighted by molar-refractivity contribution is 5.86. The molecule has 0 saturated carbocycles. The highest BCUT2D eigenvalue weighted by Gasteiger charge is 2.25. The Labute approximate surface area is 169 Å². The van der Waals surface area contributed by atoms with Gasteiger partial charge in [0.25, 0.3) is 0 Å². The molecule has 0 radical (unpaired) electrons. The quantitative estimate of drug-likeness (QED) is 0.654. The van der Waals surface area contributed by atoms with Crippen molar-refractivity contribution < 1.29 is 18.0 Å². The summed E-state index contributed by atoms with van der Waals surface area (Å²) in [4.78, 5) is 29.7. The predicted octanol–water partition coefficient (Wildman–Crippen LogP) is 2.57. The topological polar surface area (TPSA) is 81.2 Å². The molecule has 1 aliphatic rings. The fourth-order valence-corrected chi connectivity index (χ4v) is 3.38. The molecule has 2 aromatic heterocycles. The van der Waals surface area contributed by atoms with Crippen LogP contribution < -0.4 is 16.1 Å². The van der Waals surface area contributed by atoms with Gasteiger partial charge in [-0.25, -0.2) is 18.2 Å². The van der Waals surface area contributed by atoms with Gasteiger partial charge in [-0.1, -0.05) is 0 Å². The van der Waals surface area contributed by atoms with Crippen molar-refractivity contribution in [2.45, 2.75) is 12.5 Å². The van der Waals surface area contributed by atoms with Crippen LogP contribution in [0.2, 0.25) is 0 Å². The van der Waals surface area contributed by atoms with E-state index < -0.39 is 22.9 Å². The van der Waals surface area contributed by atoms with Crippen LogP contribution in [0.3, 0.4) is 0 Å². The Bertz CT molecular complexity index is 1170. The van der Waals surface area contributed by atoms with E-state index in [2.05, 4.69) is 4.98 Å². The highest BCUT2D eigenvalue weighted by atomic mass is 35.5. The van der Waals surface area contributed by atoms with E-state index in [1.54, 1.807) is 4.90 Å². The molecule has 0 spiro atoms. The van der Waals surface area contributed by atoms with Gasteiger partial charge in [-0.2, -0.15) is 0 Å². The van der Waals surface area contributed by atoms with Crippen LogP contribution in [0, 0.1) is 17.5 Å². The maximum atomic E-state index is 14.7. The van der Waals surface area contributed by atoms with Crippen molar-refractivity contribution in [3.05, 3.63) is 63.7 Å². The van der Waals surface area contributed by atoms with Crippen molar-refractivity contribution in [1.29, 1.82) is 0 Å². The number of anilines is 1. The summed E-state index contributed by atoms with van der Waals surface area (Å²) in [7, 11) is 0. The van der Waals surface area contributed by atoms with Crippen LogP contribution in [0.4, 0.5) is 19.0 Å². The fraction of sp³-hybridized carbons (Fsp3) is 0.211. The van der Waals surface area contributed by atoms with Gasteiger partial charge >= 0.3 is 0 Å². The van der Waals surface area contributed by atoms with E-state index in [1.807, 2.05) is 0 Å². The number of aldehydes is 1. The highest BCUT2D eigenvalue weighted by Crippen LogP contribution is 2.26. The summed E-state index contributed by atoms with van der Waals surface area (Å²) >= 11 is 0. The number of hydrogen-bond donors (Lipinski definition) is 1. The number of rotatable bonds is 3. The Morgan fingerprint density at radius 1 is 1.17 bits per heavy atom. The SMILES string of the molecule is Cl.NC1CCN(c2nc3c(cc2F)c(=O)c(C=O)cn3-c2ccc(F)cc2F)C1. The van der Waals surface area contributed by atoms with Gasteiger partial charge in [-0.3, -0.25) is 14.2 Å². The number of halogens is 4. The number of nitrogens with zero attached hydrogens (tertiary/aromatic N) is 3. The first-order valence-electron chi connectivity index (χ1n) is 8.56. The van der Waals surface area contributed by atoms with E-state index in [1.165, 1.54) is 0 Å². The largest absolute Gasteiger partial charge is 0.353 e. The Morgan fingerprint density at radius 3 is 2.55 bits per heavy atom. The van der Waals surface area contributed by atoms with E-state index in [-0.39, 0.29) is 46.6 Å². The van der Waals surface area contributed by atoms with Gasteiger partial charge in [-0.15, -0.1) is 12.4 Å². The van der Waals surface area contributed by atoms with Gasteiger partial charge in [0, 0.05) is 31.4 Å². The molecule has 6 nitrogen and oxygen atoms in total. The summed E-state index contributed by atoms with van der Waals surface area (Å²) in [6, 6.07) is 3.71. The molecular formula is C19H16ClF3N4O2. The van der Waals surface area contributed by atoms with Crippen molar-refractivity contribution in [3.63, 3.8) is 0 Å². The fourth-order valence-electron chi connectivity index (χ4n) is 3.38. The second-order valence-corrected chi connectivity index (χ2v) is 6.66. The summed E-state index contributed by atoms with van der Waals surface area (Å²) < 4.78 is 43.5. The molecule has 0 aliphatic carbocycles. The summed E-state index contributed by atoms with van der Waals surface area (Å²) in [6.45, 7) is 0.870. The first-order chi connectivity index (χ1) is 13.4. The van der Waals surface area contributed by atoms with Gasteiger partial charge in [0.2, 0.25) is 5.43 Å². The lowest BCUT2D eigenvalue weighted by atomic mass is 10.2. The summed E-state index contributed by atoms with van der Waals surface area (Å²) in [5.74, 6) is -2.46. The van der Waals surface area contributed by atoms with Gasteiger partial charge in [0.15, 0.2) is 23.6 Å². The molecule has 3 heterocycles. The number of fused-ring (bicyclic) bond motifs is 1. The summed E-state index contributed by atoms with van der Waals surface area (Å²) in [5, 5.41) is -0.182. The van der Waals surface area contributed by atoms with E-state index in [0.29, 0.717) is 31.9 Å². The molecule has 0 amide bonds. The normalized spacial score (nSPS) is 16.1. The Morgan fingerprint density at radius 2 is 1.93 bits per heavy atom. The van der Waals surface area contributed by atoms with Crippen LogP contribution in [0.1, 0.15) is 16.8 Å². The molecule has 10 heteroatoms. The molecule has 0 bridgehead atoms. The Balaban J connectivity index is 0.00000240. The molecule has 152 valence electrons. The number of hydrogen-bond acceptors (Lipinski definition) is 5. The summed E-state index contributed by atoms with van der Waals surface area (Å²) in [6.07, 6.45) is 2.06. The zero-order valence-corrected chi connectivity index (χ0v) is 15.8. The van der Waals surface area contributed by atoms with E-state index in [9.17, 15) is 22.8 Å². The molecule has 1 atom stereocenters. The van der Waals surface area contributed by atoms with Gasteiger partial charge in [-0.05, 0) is 24.6 Å². The van der Waals surface area contributed by atoms with Crippen LogP contribution in [0.15, 0.2) is 35.3 Å². The lowest BCUT2D eigenvalue weighted by Crippen LogP contribution is -2.28. The second kappa shape index (κ2) is 7.84. The number of carbonyl (C=O) groups is 1. The lowest BCUT2D eigenvalue weighted by Gasteiger charge is -2.19. The smallest absolute Gasteiger partial charge is 0.201 e. The molecular weight excluding hydrogens is 409 g/mol. The molecule has 4 rings (SSSR count). The molecule has 1 aromatic carbocycles. The van der Waals surface area contributed by atoms with E-state index in [4.69, 9.17) is 5.73 Å². The minimum atomic E-state index is -0.919. The number of aromatic nitrogens is 2. The first-order valence-corrected chi connectivity index (χ1v) is 8.56. The van der Waals surface area contributed by atoms with Gasteiger partial charge < -0.3 is 10.6 Å². The van der Waals surface area contributed by atoms with Crippen LogP contribution in [-0.4, -0.2) is 35.0 Å². The van der Waals surface area contributed by atoms with Crippen LogP contribution in [-0.2, 0) is 0 Å². The minimum absolute atomic E-state index is 0. The zero-order valence-electron chi connectivity index (χ0n) is 14.9. The number of nitrogens with two attached hydrogens (primary N) is 1. The third-order valence-corrected chi connectivity index (χ3v) is 4.76. The maximum Gasteiger partial charge on any atom is 0.201 e. The van der Waals surface area contributed by atoms with E-state index >= 15 is 0 Å². The molecule has 2 N–H and O–H groups in total. The molecule has 1 fully saturated rings. The first kappa shape index (κ1) is 20.8. The van der Waals surface area contributed by atoms with Crippen LogP contribution in [0.5, 0.6) is 0 Å². The Kier molecular flexibility index (Phi) is 5.63. The molecule has 3 aromatic rings. The van der Waals surface area contributed by atoms with Crippen LogP contribution in [0.25, 0.3) is 16.7 Å². The third kappa shape index (κ3) is 3.58.